The summed E-state index contributed by atoms with van der Waals surface area (Å²) in [5.74, 6) is 1.68. The summed E-state index contributed by atoms with van der Waals surface area (Å²) in [5.41, 5.74) is 3.38. The highest BCUT2D eigenvalue weighted by molar-refractivity contribution is 5.94. The van der Waals surface area contributed by atoms with Crippen molar-refractivity contribution < 1.29 is 9.53 Å². The Kier molecular flexibility index (Phi) is 10.3. The lowest BCUT2D eigenvalue weighted by molar-refractivity contribution is 0.0860. The number of benzene rings is 3. The molecule has 5 rings (SSSR count). The second-order valence-electron chi connectivity index (χ2n) is 11.5. The van der Waals surface area contributed by atoms with E-state index in [1.807, 2.05) is 24.3 Å². The molecule has 3 aromatic rings. The lowest BCUT2D eigenvalue weighted by Gasteiger charge is -2.35. The predicted octanol–water partition coefficient (Wildman–Crippen LogP) is 6.21. The van der Waals surface area contributed by atoms with E-state index in [1.54, 1.807) is 0 Å². The number of piperidine rings is 2. The van der Waals surface area contributed by atoms with Crippen LogP contribution in [0.25, 0.3) is 0 Å². The van der Waals surface area contributed by atoms with Crippen LogP contribution < -0.4 is 10.1 Å². The van der Waals surface area contributed by atoms with Crippen molar-refractivity contribution in [3.8, 4) is 5.75 Å². The molecule has 2 aliphatic heterocycles. The zero-order chi connectivity index (χ0) is 27.6. The minimum Gasteiger partial charge on any atom is -0.489 e. The molecular weight excluding hydrogens is 494 g/mol. The molecule has 2 aliphatic rings. The highest BCUT2D eigenvalue weighted by atomic mass is 16.5. The van der Waals surface area contributed by atoms with Gasteiger partial charge in [0.2, 0.25) is 0 Å². The molecule has 5 heteroatoms. The van der Waals surface area contributed by atoms with Crippen molar-refractivity contribution in [1.29, 1.82) is 0 Å². The molecule has 3 aromatic carbocycles. The van der Waals surface area contributed by atoms with E-state index in [-0.39, 0.29) is 12.0 Å². The second-order valence-corrected chi connectivity index (χ2v) is 11.5. The van der Waals surface area contributed by atoms with E-state index in [2.05, 4.69) is 82.7 Å². The maximum Gasteiger partial charge on any atom is 0.251 e. The van der Waals surface area contributed by atoms with Crippen molar-refractivity contribution in [3.05, 3.63) is 102 Å². The number of ether oxygens (including phenoxy) is 1. The molecule has 0 bridgehead atoms. The third-order valence-electron chi connectivity index (χ3n) is 8.50. The Morgan fingerprint density at radius 3 is 2.25 bits per heavy atom. The summed E-state index contributed by atoms with van der Waals surface area (Å²) in [4.78, 5) is 18.0. The summed E-state index contributed by atoms with van der Waals surface area (Å²) >= 11 is 0. The normalized spacial score (nSPS) is 19.0. The fraction of sp³-hybridized carbons (Fsp3) is 0.457. The van der Waals surface area contributed by atoms with Gasteiger partial charge in [-0.05, 0) is 93.5 Å². The van der Waals surface area contributed by atoms with E-state index in [0.717, 1.165) is 70.7 Å². The maximum absolute atomic E-state index is 13.0. The minimum absolute atomic E-state index is 0.000252. The van der Waals surface area contributed by atoms with Gasteiger partial charge in [0.25, 0.3) is 5.91 Å². The molecule has 2 fully saturated rings. The molecule has 0 radical (unpaired) electrons. The lowest BCUT2D eigenvalue weighted by atomic mass is 9.90. The van der Waals surface area contributed by atoms with E-state index >= 15 is 0 Å². The number of carbonyl (C=O) groups is 1. The van der Waals surface area contributed by atoms with E-state index in [4.69, 9.17) is 4.74 Å². The number of nitrogens with zero attached hydrogens (tertiary/aromatic N) is 2. The molecular formula is C35H45N3O2. The van der Waals surface area contributed by atoms with Gasteiger partial charge in [0.05, 0.1) is 0 Å². The van der Waals surface area contributed by atoms with Crippen LogP contribution in [0.2, 0.25) is 0 Å². The summed E-state index contributed by atoms with van der Waals surface area (Å²) in [6, 6.07) is 29.4. The number of hydrogen-bond donors (Lipinski definition) is 1. The standard InChI is InChI=1S/C35H45N3O2/c1-2-20-37-22-18-28(19-23-37)25-36-35(39)31-15-9-16-32(24-31)40-33-17-10-21-38(26-33)27-34(29-11-5-3-6-12-29)30-13-7-4-8-14-30/h3-9,11-16,24,28,33-34H,2,10,17-23,25-27H2,1H3,(H,36,39). The molecule has 1 atom stereocenters. The first-order chi connectivity index (χ1) is 19.7. The van der Waals surface area contributed by atoms with Gasteiger partial charge in [-0.1, -0.05) is 73.7 Å². The molecule has 1 unspecified atom stereocenters. The first-order valence-electron chi connectivity index (χ1n) is 15.3. The first-order valence-corrected chi connectivity index (χ1v) is 15.3. The number of nitrogens with one attached hydrogen (secondary N) is 1. The van der Waals surface area contributed by atoms with E-state index in [1.165, 1.54) is 24.1 Å². The van der Waals surface area contributed by atoms with Crippen LogP contribution in [-0.4, -0.2) is 67.6 Å². The Morgan fingerprint density at radius 2 is 1.57 bits per heavy atom. The van der Waals surface area contributed by atoms with Crippen molar-refractivity contribution >= 4 is 5.91 Å². The van der Waals surface area contributed by atoms with E-state index in [9.17, 15) is 4.79 Å². The van der Waals surface area contributed by atoms with Crippen LogP contribution in [0.15, 0.2) is 84.9 Å². The van der Waals surface area contributed by atoms with Crippen LogP contribution >= 0.6 is 0 Å². The topological polar surface area (TPSA) is 44.8 Å². The summed E-state index contributed by atoms with van der Waals surface area (Å²) in [5, 5.41) is 3.18. The third kappa shape index (κ3) is 7.96. The van der Waals surface area contributed by atoms with Crippen molar-refractivity contribution in [2.45, 2.75) is 51.0 Å². The Hall–Kier alpha value is -3.15. The number of amides is 1. The van der Waals surface area contributed by atoms with Crippen LogP contribution in [0.4, 0.5) is 0 Å². The van der Waals surface area contributed by atoms with Crippen molar-refractivity contribution in [3.63, 3.8) is 0 Å². The molecule has 5 nitrogen and oxygen atoms in total. The van der Waals surface area contributed by atoms with Gasteiger partial charge in [-0.15, -0.1) is 0 Å². The van der Waals surface area contributed by atoms with Gasteiger partial charge < -0.3 is 15.0 Å². The average Bonchev–Trinajstić information content (AvgIpc) is 3.01. The molecule has 0 aromatic heterocycles. The Bertz CT molecular complexity index is 1140. The number of hydrogen-bond acceptors (Lipinski definition) is 4. The monoisotopic (exact) mass is 539 g/mol. The molecule has 2 heterocycles. The Morgan fingerprint density at radius 1 is 0.875 bits per heavy atom. The first kappa shape index (κ1) is 28.4. The smallest absolute Gasteiger partial charge is 0.251 e. The molecule has 0 spiro atoms. The van der Waals surface area contributed by atoms with Gasteiger partial charge in [-0.3, -0.25) is 9.69 Å². The quantitative estimate of drug-likeness (QED) is 0.315. The van der Waals surface area contributed by atoms with Gasteiger partial charge in [0.15, 0.2) is 0 Å². The fourth-order valence-electron chi connectivity index (χ4n) is 6.28. The lowest BCUT2D eigenvalue weighted by Crippen LogP contribution is -2.43. The van der Waals surface area contributed by atoms with Gasteiger partial charge >= 0.3 is 0 Å². The molecule has 0 aliphatic carbocycles. The highest BCUT2D eigenvalue weighted by Gasteiger charge is 2.25. The Balaban J connectivity index is 1.15. The van der Waals surface area contributed by atoms with E-state index in [0.29, 0.717) is 17.4 Å². The van der Waals surface area contributed by atoms with Crippen LogP contribution in [0.3, 0.4) is 0 Å². The zero-order valence-electron chi connectivity index (χ0n) is 24.0. The van der Waals surface area contributed by atoms with Crippen molar-refractivity contribution in [2.75, 3.05) is 45.8 Å². The minimum atomic E-state index is 0.000252. The van der Waals surface area contributed by atoms with Crippen LogP contribution in [0.5, 0.6) is 5.75 Å². The van der Waals surface area contributed by atoms with Crippen LogP contribution in [0.1, 0.15) is 66.4 Å². The van der Waals surface area contributed by atoms with Gasteiger partial charge in [0, 0.05) is 31.1 Å². The highest BCUT2D eigenvalue weighted by Crippen LogP contribution is 2.28. The number of likely N-dealkylation sites (tertiary alicyclic amines) is 2. The van der Waals surface area contributed by atoms with Gasteiger partial charge in [-0.2, -0.15) is 0 Å². The summed E-state index contributed by atoms with van der Waals surface area (Å²) in [6.45, 7) is 9.41. The zero-order valence-corrected chi connectivity index (χ0v) is 24.0. The number of carbonyl (C=O) groups excluding carboxylic acids is 1. The van der Waals surface area contributed by atoms with Crippen LogP contribution in [0, 0.1) is 5.92 Å². The average molecular weight is 540 g/mol. The summed E-state index contributed by atoms with van der Waals surface area (Å²) in [6.07, 6.45) is 5.80. The van der Waals surface area contributed by atoms with Crippen LogP contribution in [-0.2, 0) is 0 Å². The fourth-order valence-corrected chi connectivity index (χ4v) is 6.28. The molecule has 0 saturated carbocycles. The Labute approximate surface area is 240 Å². The SMILES string of the molecule is CCCN1CCC(CNC(=O)c2cccc(OC3CCCN(CC(c4ccccc4)c4ccccc4)C3)c2)CC1. The molecule has 40 heavy (non-hydrogen) atoms. The molecule has 2 saturated heterocycles. The number of rotatable bonds is 11. The molecule has 1 N–H and O–H groups in total. The second kappa shape index (κ2) is 14.5. The largest absolute Gasteiger partial charge is 0.489 e. The predicted molar refractivity (Wildman–Crippen MR) is 163 cm³/mol. The van der Waals surface area contributed by atoms with Gasteiger partial charge in [0.1, 0.15) is 11.9 Å². The maximum atomic E-state index is 13.0. The molecule has 1 amide bonds. The van der Waals surface area contributed by atoms with E-state index < -0.39 is 0 Å². The molecule has 212 valence electrons. The third-order valence-corrected chi connectivity index (χ3v) is 8.50. The summed E-state index contributed by atoms with van der Waals surface area (Å²) < 4.78 is 6.47. The van der Waals surface area contributed by atoms with Gasteiger partial charge in [-0.25, -0.2) is 0 Å². The van der Waals surface area contributed by atoms with Crippen molar-refractivity contribution in [2.24, 2.45) is 5.92 Å². The van der Waals surface area contributed by atoms with Crippen molar-refractivity contribution in [1.82, 2.24) is 15.1 Å². The summed E-state index contributed by atoms with van der Waals surface area (Å²) in [7, 11) is 0.